The first-order valence-electron chi connectivity index (χ1n) is 5.56. The monoisotopic (exact) mass is 236 g/mol. The quantitative estimate of drug-likeness (QED) is 0.490. The van der Waals surface area contributed by atoms with E-state index >= 15 is 0 Å². The number of rotatable bonds is 0. The molecule has 0 atom stereocenters. The Kier molecular flexibility index (Phi) is 1.64. The summed E-state index contributed by atoms with van der Waals surface area (Å²) in [6.45, 7) is 0. The fourth-order valence-electron chi connectivity index (χ4n) is 2.34. The van der Waals surface area contributed by atoms with E-state index in [2.05, 4.69) is 19.9 Å². The summed E-state index contributed by atoms with van der Waals surface area (Å²) in [5.41, 5.74) is 2.51. The van der Waals surface area contributed by atoms with Crippen LogP contribution in [0.15, 0.2) is 41.7 Å². The van der Waals surface area contributed by atoms with Crippen LogP contribution in [0.4, 0.5) is 0 Å². The Morgan fingerprint density at radius 3 is 2.44 bits per heavy atom. The minimum atomic E-state index is -0.107. The fraction of sp³-hybridized carbons (Fsp3) is 0. The number of nitrogens with one attached hydrogen (secondary N) is 2. The Balaban J connectivity index is 2.40. The van der Waals surface area contributed by atoms with Gasteiger partial charge in [-0.25, -0.2) is 0 Å². The molecule has 4 heterocycles. The van der Waals surface area contributed by atoms with Crippen LogP contribution in [-0.2, 0) is 0 Å². The minimum Gasteiger partial charge on any atom is -0.353 e. The summed E-state index contributed by atoms with van der Waals surface area (Å²) in [5, 5.41) is 2.37. The Labute approximate surface area is 101 Å². The van der Waals surface area contributed by atoms with Gasteiger partial charge in [0, 0.05) is 35.6 Å². The molecule has 0 bridgehead atoms. The average molecular weight is 236 g/mol. The number of pyridine rings is 3. The molecule has 0 aliphatic rings. The number of H-pyrrole nitrogens is 2. The number of aromatic nitrogens is 4. The Morgan fingerprint density at radius 1 is 0.833 bits per heavy atom. The molecule has 4 aromatic heterocycles. The second-order valence-corrected chi connectivity index (χ2v) is 4.17. The van der Waals surface area contributed by atoms with Crippen LogP contribution in [0.25, 0.3) is 32.7 Å². The van der Waals surface area contributed by atoms with Crippen molar-refractivity contribution >= 4 is 32.7 Å². The molecule has 0 amide bonds. The van der Waals surface area contributed by atoms with Crippen molar-refractivity contribution < 1.29 is 0 Å². The minimum absolute atomic E-state index is 0.107. The predicted octanol–water partition coefficient (Wildman–Crippen LogP) is 1.95. The molecule has 0 radical (unpaired) electrons. The molecule has 0 unspecified atom stereocenters. The molecule has 5 heteroatoms. The third-order valence-corrected chi connectivity index (χ3v) is 3.17. The molecule has 0 spiro atoms. The van der Waals surface area contributed by atoms with Crippen LogP contribution < -0.4 is 5.56 Å². The Hall–Kier alpha value is -2.69. The first-order valence-corrected chi connectivity index (χ1v) is 5.56. The summed E-state index contributed by atoms with van der Waals surface area (Å²) < 4.78 is 0. The molecule has 0 saturated carbocycles. The molecule has 0 aromatic carbocycles. The molecule has 0 aliphatic heterocycles. The zero-order valence-corrected chi connectivity index (χ0v) is 9.27. The zero-order valence-electron chi connectivity index (χ0n) is 9.27. The van der Waals surface area contributed by atoms with Crippen LogP contribution in [0.1, 0.15) is 0 Å². The van der Waals surface area contributed by atoms with E-state index in [4.69, 9.17) is 0 Å². The van der Waals surface area contributed by atoms with Crippen LogP contribution in [0.2, 0.25) is 0 Å². The van der Waals surface area contributed by atoms with Crippen molar-refractivity contribution in [2.75, 3.05) is 0 Å². The van der Waals surface area contributed by atoms with Gasteiger partial charge in [-0.15, -0.1) is 0 Å². The van der Waals surface area contributed by atoms with Gasteiger partial charge in [0.05, 0.1) is 21.9 Å². The predicted molar refractivity (Wildman–Crippen MR) is 69.5 cm³/mol. The van der Waals surface area contributed by atoms with E-state index in [1.807, 2.05) is 6.07 Å². The first kappa shape index (κ1) is 9.35. The topological polar surface area (TPSA) is 74.4 Å². The van der Waals surface area contributed by atoms with E-state index in [1.165, 1.54) is 0 Å². The lowest BCUT2D eigenvalue weighted by atomic mass is 10.2. The maximum atomic E-state index is 12.0. The normalized spacial score (nSPS) is 11.6. The van der Waals surface area contributed by atoms with Gasteiger partial charge in [-0.2, -0.15) is 0 Å². The van der Waals surface area contributed by atoms with Crippen LogP contribution in [0.3, 0.4) is 0 Å². The van der Waals surface area contributed by atoms with E-state index in [1.54, 1.807) is 30.9 Å². The molecular weight excluding hydrogens is 228 g/mol. The molecule has 5 nitrogen and oxygen atoms in total. The summed E-state index contributed by atoms with van der Waals surface area (Å²) in [6, 6.07) is 3.60. The molecule has 4 rings (SSSR count). The molecule has 4 aromatic rings. The van der Waals surface area contributed by atoms with Crippen molar-refractivity contribution in [3.8, 4) is 0 Å². The van der Waals surface area contributed by atoms with Crippen LogP contribution >= 0.6 is 0 Å². The number of aromatic amines is 2. The van der Waals surface area contributed by atoms with Gasteiger partial charge in [0.2, 0.25) is 0 Å². The number of fused-ring (bicyclic) bond motifs is 5. The third-order valence-electron chi connectivity index (χ3n) is 3.17. The second kappa shape index (κ2) is 3.16. The lowest BCUT2D eigenvalue weighted by molar-refractivity contribution is 1.31. The van der Waals surface area contributed by atoms with Crippen molar-refractivity contribution in [2.24, 2.45) is 0 Å². The van der Waals surface area contributed by atoms with Gasteiger partial charge in [0.15, 0.2) is 0 Å². The number of nitrogens with zero attached hydrogens (tertiary/aromatic N) is 2. The average Bonchev–Trinajstić information content (AvgIpc) is 2.78. The highest BCUT2D eigenvalue weighted by Crippen LogP contribution is 2.26. The van der Waals surface area contributed by atoms with Gasteiger partial charge >= 0.3 is 0 Å². The van der Waals surface area contributed by atoms with E-state index in [9.17, 15) is 4.79 Å². The molecular formula is C13H8N4O. The molecule has 86 valence electrons. The summed E-state index contributed by atoms with van der Waals surface area (Å²) in [5.74, 6) is 0. The summed E-state index contributed by atoms with van der Waals surface area (Å²) >= 11 is 0. The summed E-state index contributed by atoms with van der Waals surface area (Å²) in [4.78, 5) is 26.4. The van der Waals surface area contributed by atoms with Crippen molar-refractivity contribution in [3.63, 3.8) is 0 Å². The van der Waals surface area contributed by atoms with Gasteiger partial charge < -0.3 is 9.97 Å². The standard InChI is InChI=1S/C13H8N4O/c18-13-7-1-3-14-5-8(7)11-12(17-13)9-6-15-4-2-10(9)16-11/h1-6,16H,(H,17,18). The molecule has 0 aliphatic carbocycles. The van der Waals surface area contributed by atoms with Crippen molar-refractivity contribution in [1.29, 1.82) is 0 Å². The Bertz CT molecular complexity index is 951. The van der Waals surface area contributed by atoms with Crippen LogP contribution in [-0.4, -0.2) is 19.9 Å². The van der Waals surface area contributed by atoms with Crippen molar-refractivity contribution in [3.05, 3.63) is 47.3 Å². The smallest absolute Gasteiger partial charge is 0.256 e. The maximum absolute atomic E-state index is 12.0. The SMILES string of the molecule is O=c1[nH]c2c3cnccc3[nH]c2c2cnccc12. The largest absolute Gasteiger partial charge is 0.353 e. The highest BCUT2D eigenvalue weighted by molar-refractivity contribution is 6.14. The van der Waals surface area contributed by atoms with E-state index < -0.39 is 0 Å². The molecule has 18 heavy (non-hydrogen) atoms. The van der Waals surface area contributed by atoms with Crippen LogP contribution in [0, 0.1) is 0 Å². The highest BCUT2D eigenvalue weighted by atomic mass is 16.1. The van der Waals surface area contributed by atoms with Crippen molar-refractivity contribution in [2.45, 2.75) is 0 Å². The summed E-state index contributed by atoms with van der Waals surface area (Å²) in [7, 11) is 0. The van der Waals surface area contributed by atoms with E-state index in [0.717, 1.165) is 27.3 Å². The zero-order chi connectivity index (χ0) is 12.1. The Morgan fingerprint density at radius 2 is 1.56 bits per heavy atom. The van der Waals surface area contributed by atoms with E-state index in [0.29, 0.717) is 5.39 Å². The fourth-order valence-corrected chi connectivity index (χ4v) is 2.34. The van der Waals surface area contributed by atoms with Crippen molar-refractivity contribution in [1.82, 2.24) is 19.9 Å². The molecule has 0 fully saturated rings. The number of hydrogen-bond donors (Lipinski definition) is 2. The highest BCUT2D eigenvalue weighted by Gasteiger charge is 2.10. The van der Waals surface area contributed by atoms with Gasteiger partial charge in [-0.1, -0.05) is 0 Å². The third kappa shape index (κ3) is 1.08. The molecule has 2 N–H and O–H groups in total. The lowest BCUT2D eigenvalue weighted by Gasteiger charge is -1.97. The molecule has 0 saturated heterocycles. The summed E-state index contributed by atoms with van der Waals surface area (Å²) in [6.07, 6.45) is 6.78. The lowest BCUT2D eigenvalue weighted by Crippen LogP contribution is -2.05. The number of hydrogen-bond acceptors (Lipinski definition) is 3. The second-order valence-electron chi connectivity index (χ2n) is 4.17. The van der Waals surface area contributed by atoms with Gasteiger partial charge in [-0.3, -0.25) is 14.8 Å². The van der Waals surface area contributed by atoms with Gasteiger partial charge in [-0.05, 0) is 12.1 Å². The first-order chi connectivity index (χ1) is 8.84. The van der Waals surface area contributed by atoms with Crippen LogP contribution in [0.5, 0.6) is 0 Å². The van der Waals surface area contributed by atoms with Gasteiger partial charge in [0.25, 0.3) is 5.56 Å². The maximum Gasteiger partial charge on any atom is 0.256 e. The van der Waals surface area contributed by atoms with E-state index in [-0.39, 0.29) is 5.56 Å². The van der Waals surface area contributed by atoms with Gasteiger partial charge in [0.1, 0.15) is 0 Å².